The molecule has 0 bridgehead atoms. The van der Waals surface area contributed by atoms with E-state index in [-0.39, 0.29) is 18.5 Å². The lowest BCUT2D eigenvalue weighted by atomic mass is 9.96. The monoisotopic (exact) mass is 447 g/mol. The zero-order valence-electron chi connectivity index (χ0n) is 18.3. The Morgan fingerprint density at radius 3 is 2.41 bits per heavy atom. The molecule has 3 rings (SSSR count). The summed E-state index contributed by atoms with van der Waals surface area (Å²) in [5.74, 6) is -2.56. The second kappa shape index (κ2) is 11.1. The maximum absolute atomic E-state index is 13.1. The largest absolute Gasteiger partial charge is 0.452 e. The van der Waals surface area contributed by atoms with Crippen molar-refractivity contribution in [3.63, 3.8) is 0 Å². The van der Waals surface area contributed by atoms with Crippen LogP contribution in [0.4, 0.5) is 9.18 Å². The van der Waals surface area contributed by atoms with Crippen LogP contribution in [0, 0.1) is 11.7 Å². The summed E-state index contributed by atoms with van der Waals surface area (Å²) in [5.41, 5.74) is 0.345. The third-order valence-electron chi connectivity index (χ3n) is 5.97. The second-order valence-corrected chi connectivity index (χ2v) is 8.47. The van der Waals surface area contributed by atoms with Crippen molar-refractivity contribution in [2.45, 2.75) is 64.0 Å². The van der Waals surface area contributed by atoms with Gasteiger partial charge in [0.25, 0.3) is 11.8 Å². The number of halogens is 1. The molecule has 174 valence electrons. The van der Waals surface area contributed by atoms with E-state index in [1.165, 1.54) is 36.1 Å². The van der Waals surface area contributed by atoms with Crippen molar-refractivity contribution < 1.29 is 28.3 Å². The van der Waals surface area contributed by atoms with E-state index in [0.717, 1.165) is 32.1 Å². The van der Waals surface area contributed by atoms with Gasteiger partial charge in [0, 0.05) is 24.7 Å². The van der Waals surface area contributed by atoms with Crippen molar-refractivity contribution in [2.24, 2.45) is 5.92 Å². The van der Waals surface area contributed by atoms with Crippen LogP contribution in [-0.4, -0.2) is 54.0 Å². The van der Waals surface area contributed by atoms with Crippen LogP contribution in [0.3, 0.4) is 0 Å². The van der Waals surface area contributed by atoms with E-state index in [1.54, 1.807) is 0 Å². The molecular weight excluding hydrogens is 417 g/mol. The molecule has 1 aliphatic heterocycles. The summed E-state index contributed by atoms with van der Waals surface area (Å²) in [6.07, 6.45) is 5.04. The molecule has 1 aromatic carbocycles. The lowest BCUT2D eigenvalue weighted by Gasteiger charge is -2.32. The Morgan fingerprint density at radius 2 is 1.72 bits per heavy atom. The Hall–Kier alpha value is -2.97. The molecule has 1 saturated carbocycles. The van der Waals surface area contributed by atoms with Gasteiger partial charge in [-0.2, -0.15) is 0 Å². The van der Waals surface area contributed by atoms with Crippen LogP contribution in [0.15, 0.2) is 24.3 Å². The number of nitrogens with zero attached hydrogens (tertiary/aromatic N) is 1. The fourth-order valence-electron chi connectivity index (χ4n) is 4.13. The average Bonchev–Trinajstić information content (AvgIpc) is 2.79. The Morgan fingerprint density at radius 1 is 1.03 bits per heavy atom. The number of rotatable bonds is 5. The maximum Gasteiger partial charge on any atom is 0.321 e. The number of hydrogen-bond acceptors (Lipinski definition) is 5. The van der Waals surface area contributed by atoms with Gasteiger partial charge in [-0.25, -0.2) is 9.18 Å². The number of urea groups is 1. The quantitative estimate of drug-likeness (QED) is 0.676. The Bertz CT molecular complexity index is 839. The van der Waals surface area contributed by atoms with Crippen LogP contribution in [0.25, 0.3) is 0 Å². The van der Waals surface area contributed by atoms with Crippen molar-refractivity contribution in [1.82, 2.24) is 15.5 Å². The van der Waals surface area contributed by atoms with E-state index >= 15 is 0 Å². The summed E-state index contributed by atoms with van der Waals surface area (Å²) < 4.78 is 18.4. The average molecular weight is 448 g/mol. The zero-order valence-corrected chi connectivity index (χ0v) is 18.3. The highest BCUT2D eigenvalue weighted by molar-refractivity contribution is 5.97. The van der Waals surface area contributed by atoms with Gasteiger partial charge < -0.3 is 15.0 Å². The minimum atomic E-state index is -1.14. The normalized spacial score (nSPS) is 20.2. The molecular formula is C23H30FN3O5. The van der Waals surface area contributed by atoms with Crippen LogP contribution in [0.5, 0.6) is 0 Å². The number of nitrogens with one attached hydrogen (secondary N) is 2. The summed E-state index contributed by atoms with van der Waals surface area (Å²) in [6.45, 7) is 2.05. The molecule has 4 amide bonds. The molecule has 0 spiro atoms. The first kappa shape index (κ1) is 23.7. The molecule has 32 heavy (non-hydrogen) atoms. The number of carbonyl (C=O) groups excluding carboxylic acids is 4. The molecule has 9 heteroatoms. The van der Waals surface area contributed by atoms with Crippen LogP contribution in [0.2, 0.25) is 0 Å². The van der Waals surface area contributed by atoms with E-state index in [2.05, 4.69) is 10.6 Å². The van der Waals surface area contributed by atoms with Gasteiger partial charge in [0.15, 0.2) is 6.10 Å². The van der Waals surface area contributed by atoms with Gasteiger partial charge in [0.2, 0.25) is 0 Å². The van der Waals surface area contributed by atoms with E-state index in [0.29, 0.717) is 24.9 Å². The Balaban J connectivity index is 1.47. The number of hydrogen-bond donors (Lipinski definition) is 2. The molecule has 2 N–H and O–H groups in total. The number of likely N-dealkylation sites (tertiary alicyclic amines) is 1. The summed E-state index contributed by atoms with van der Waals surface area (Å²) in [4.78, 5) is 51.0. The molecule has 2 fully saturated rings. The van der Waals surface area contributed by atoms with Crippen molar-refractivity contribution in [1.29, 1.82) is 0 Å². The number of ether oxygens (including phenoxy) is 1. The van der Waals surface area contributed by atoms with Crippen molar-refractivity contribution >= 4 is 23.8 Å². The predicted molar refractivity (Wildman–Crippen MR) is 114 cm³/mol. The van der Waals surface area contributed by atoms with Crippen molar-refractivity contribution in [3.8, 4) is 0 Å². The first-order chi connectivity index (χ1) is 15.3. The minimum absolute atomic E-state index is 0.0567. The smallest absolute Gasteiger partial charge is 0.321 e. The fourth-order valence-corrected chi connectivity index (χ4v) is 4.13. The number of esters is 1. The summed E-state index contributed by atoms with van der Waals surface area (Å²) in [5, 5.41) is 5.01. The standard InChI is InChI=1S/C23H30FN3O5/c1-15(20(28)26-23(31)25-19-7-3-2-4-8-19)32-22(30)17-6-5-13-27(14-17)21(29)16-9-11-18(24)12-10-16/h9-12,15,17,19H,2-8,13-14H2,1H3,(H2,25,26,28,31). The molecule has 1 heterocycles. The van der Waals surface area contributed by atoms with Gasteiger partial charge in [-0.05, 0) is 56.9 Å². The molecule has 0 radical (unpaired) electrons. The summed E-state index contributed by atoms with van der Waals surface area (Å²) >= 11 is 0. The fraction of sp³-hybridized carbons (Fsp3) is 0.565. The number of amides is 4. The summed E-state index contributed by atoms with van der Waals surface area (Å²) in [7, 11) is 0. The molecule has 2 atom stereocenters. The van der Waals surface area contributed by atoms with E-state index < -0.39 is 35.7 Å². The lowest BCUT2D eigenvalue weighted by Crippen LogP contribution is -2.49. The molecule has 1 aromatic rings. The van der Waals surface area contributed by atoms with Crippen LogP contribution >= 0.6 is 0 Å². The van der Waals surface area contributed by atoms with Crippen LogP contribution in [-0.2, 0) is 14.3 Å². The number of piperidine rings is 1. The second-order valence-electron chi connectivity index (χ2n) is 8.47. The zero-order chi connectivity index (χ0) is 23.1. The molecule has 2 unspecified atom stereocenters. The van der Waals surface area contributed by atoms with Gasteiger partial charge in [0.1, 0.15) is 5.82 Å². The Labute approximate surface area is 186 Å². The molecule has 2 aliphatic rings. The summed E-state index contributed by atoms with van der Waals surface area (Å²) in [6, 6.07) is 4.72. The van der Waals surface area contributed by atoms with Gasteiger partial charge in [-0.1, -0.05) is 19.3 Å². The van der Waals surface area contributed by atoms with E-state index in [4.69, 9.17) is 4.74 Å². The first-order valence-corrected chi connectivity index (χ1v) is 11.2. The lowest BCUT2D eigenvalue weighted by molar-refractivity contribution is -0.159. The molecule has 0 aromatic heterocycles. The van der Waals surface area contributed by atoms with Gasteiger partial charge in [-0.3, -0.25) is 19.7 Å². The van der Waals surface area contributed by atoms with E-state index in [1.807, 2.05) is 0 Å². The molecule has 1 aliphatic carbocycles. The highest BCUT2D eigenvalue weighted by Crippen LogP contribution is 2.21. The van der Waals surface area contributed by atoms with Gasteiger partial charge in [0.05, 0.1) is 5.92 Å². The van der Waals surface area contributed by atoms with Crippen molar-refractivity contribution in [3.05, 3.63) is 35.6 Å². The molecule has 8 nitrogen and oxygen atoms in total. The van der Waals surface area contributed by atoms with Crippen LogP contribution in [0.1, 0.15) is 62.2 Å². The number of benzene rings is 1. The first-order valence-electron chi connectivity index (χ1n) is 11.2. The highest BCUT2D eigenvalue weighted by Gasteiger charge is 2.32. The Kier molecular flexibility index (Phi) is 8.19. The topological polar surface area (TPSA) is 105 Å². The third-order valence-corrected chi connectivity index (χ3v) is 5.97. The number of imide groups is 1. The predicted octanol–water partition coefficient (Wildman–Crippen LogP) is 2.77. The number of carbonyl (C=O) groups is 4. The third kappa shape index (κ3) is 6.51. The van der Waals surface area contributed by atoms with Gasteiger partial charge in [-0.15, -0.1) is 0 Å². The van der Waals surface area contributed by atoms with Gasteiger partial charge >= 0.3 is 12.0 Å². The minimum Gasteiger partial charge on any atom is -0.452 e. The van der Waals surface area contributed by atoms with Crippen LogP contribution < -0.4 is 10.6 Å². The van der Waals surface area contributed by atoms with E-state index in [9.17, 15) is 23.6 Å². The van der Waals surface area contributed by atoms with Crippen molar-refractivity contribution in [2.75, 3.05) is 13.1 Å². The SMILES string of the molecule is CC(OC(=O)C1CCCN(C(=O)c2ccc(F)cc2)C1)C(=O)NC(=O)NC1CCCCC1. The highest BCUT2D eigenvalue weighted by atomic mass is 19.1. The maximum atomic E-state index is 13.1. The molecule has 1 saturated heterocycles.